The SMILES string of the molecule is CCCOCCOC(CNC(C)C)c1cccc(C)c1. The van der Waals surface area contributed by atoms with Gasteiger partial charge in [-0.3, -0.25) is 0 Å². The molecule has 114 valence electrons. The first-order valence-corrected chi connectivity index (χ1v) is 7.62. The summed E-state index contributed by atoms with van der Waals surface area (Å²) in [5, 5.41) is 3.45. The van der Waals surface area contributed by atoms with Gasteiger partial charge in [0, 0.05) is 19.2 Å². The van der Waals surface area contributed by atoms with Crippen molar-refractivity contribution in [3.63, 3.8) is 0 Å². The van der Waals surface area contributed by atoms with Crippen LogP contribution < -0.4 is 5.32 Å². The number of rotatable bonds is 10. The molecule has 0 saturated carbocycles. The standard InChI is InChI=1S/C17H29NO2/c1-5-9-19-10-11-20-17(13-18-14(2)3)16-8-6-7-15(4)12-16/h6-8,12,14,17-18H,5,9-11,13H2,1-4H3. The molecule has 0 aliphatic carbocycles. The number of ether oxygens (including phenoxy) is 2. The Hall–Kier alpha value is -0.900. The molecule has 3 nitrogen and oxygen atoms in total. The summed E-state index contributed by atoms with van der Waals surface area (Å²) in [6.07, 6.45) is 1.14. The van der Waals surface area contributed by atoms with Gasteiger partial charge in [0.05, 0.1) is 19.3 Å². The molecule has 0 radical (unpaired) electrons. The van der Waals surface area contributed by atoms with E-state index in [1.807, 2.05) is 0 Å². The van der Waals surface area contributed by atoms with Crippen LogP contribution in [0, 0.1) is 6.92 Å². The van der Waals surface area contributed by atoms with Crippen molar-refractivity contribution in [3.8, 4) is 0 Å². The van der Waals surface area contributed by atoms with Gasteiger partial charge in [-0.15, -0.1) is 0 Å². The Kier molecular flexibility index (Phi) is 8.51. The summed E-state index contributed by atoms with van der Waals surface area (Å²) in [6, 6.07) is 8.99. The third-order valence-electron chi connectivity index (χ3n) is 3.02. The zero-order chi connectivity index (χ0) is 14.8. The molecule has 1 aromatic rings. The van der Waals surface area contributed by atoms with E-state index in [4.69, 9.17) is 9.47 Å². The summed E-state index contributed by atoms with van der Waals surface area (Å²) in [5.41, 5.74) is 2.50. The van der Waals surface area contributed by atoms with Gasteiger partial charge < -0.3 is 14.8 Å². The van der Waals surface area contributed by atoms with Crippen LogP contribution in [0.4, 0.5) is 0 Å². The van der Waals surface area contributed by atoms with E-state index < -0.39 is 0 Å². The normalized spacial score (nSPS) is 12.8. The second-order valence-corrected chi connectivity index (χ2v) is 5.45. The molecule has 1 rings (SSSR count). The molecule has 0 heterocycles. The van der Waals surface area contributed by atoms with Gasteiger partial charge in [-0.05, 0) is 18.9 Å². The Morgan fingerprint density at radius 1 is 1.15 bits per heavy atom. The lowest BCUT2D eigenvalue weighted by molar-refractivity contribution is 0.00357. The highest BCUT2D eigenvalue weighted by Crippen LogP contribution is 2.18. The van der Waals surface area contributed by atoms with Gasteiger partial charge in [0.2, 0.25) is 0 Å². The molecule has 0 bridgehead atoms. The predicted molar refractivity (Wildman–Crippen MR) is 84.1 cm³/mol. The van der Waals surface area contributed by atoms with Crippen molar-refractivity contribution in [1.82, 2.24) is 5.32 Å². The van der Waals surface area contributed by atoms with Gasteiger partial charge in [0.15, 0.2) is 0 Å². The fraction of sp³-hybridized carbons (Fsp3) is 0.647. The summed E-state index contributed by atoms with van der Waals surface area (Å²) in [5.74, 6) is 0. The molecule has 1 atom stereocenters. The Balaban J connectivity index is 2.51. The monoisotopic (exact) mass is 279 g/mol. The summed E-state index contributed by atoms with van der Waals surface area (Å²) < 4.78 is 11.5. The van der Waals surface area contributed by atoms with Crippen molar-refractivity contribution in [2.45, 2.75) is 46.3 Å². The summed E-state index contributed by atoms with van der Waals surface area (Å²) in [4.78, 5) is 0. The minimum absolute atomic E-state index is 0.0857. The van der Waals surface area contributed by atoms with E-state index in [1.54, 1.807) is 0 Å². The number of hydrogen-bond acceptors (Lipinski definition) is 3. The largest absolute Gasteiger partial charge is 0.379 e. The van der Waals surface area contributed by atoms with Crippen molar-refractivity contribution in [3.05, 3.63) is 35.4 Å². The minimum atomic E-state index is 0.0857. The molecule has 0 fully saturated rings. The van der Waals surface area contributed by atoms with Crippen LogP contribution in [0.2, 0.25) is 0 Å². The lowest BCUT2D eigenvalue weighted by Gasteiger charge is -2.21. The molecule has 0 saturated heterocycles. The van der Waals surface area contributed by atoms with Crippen LogP contribution in [0.3, 0.4) is 0 Å². The van der Waals surface area contributed by atoms with Crippen LogP contribution in [-0.2, 0) is 9.47 Å². The average Bonchev–Trinajstić information content (AvgIpc) is 2.41. The van der Waals surface area contributed by atoms with Gasteiger partial charge in [-0.2, -0.15) is 0 Å². The molecule has 0 amide bonds. The van der Waals surface area contributed by atoms with Crippen molar-refractivity contribution in [1.29, 1.82) is 0 Å². The quantitative estimate of drug-likeness (QED) is 0.665. The van der Waals surface area contributed by atoms with E-state index in [-0.39, 0.29) is 6.10 Å². The molecule has 0 spiro atoms. The molecule has 1 N–H and O–H groups in total. The summed E-state index contributed by atoms with van der Waals surface area (Å²) in [7, 11) is 0. The van der Waals surface area contributed by atoms with E-state index in [0.29, 0.717) is 19.3 Å². The lowest BCUT2D eigenvalue weighted by atomic mass is 10.1. The smallest absolute Gasteiger partial charge is 0.0950 e. The zero-order valence-electron chi connectivity index (χ0n) is 13.3. The van der Waals surface area contributed by atoms with E-state index in [9.17, 15) is 0 Å². The number of aryl methyl sites for hydroxylation is 1. The first kappa shape index (κ1) is 17.2. The molecule has 0 aliphatic heterocycles. The molecule has 3 heteroatoms. The van der Waals surface area contributed by atoms with E-state index in [0.717, 1.165) is 19.6 Å². The average molecular weight is 279 g/mol. The molecule has 1 unspecified atom stereocenters. The Morgan fingerprint density at radius 2 is 1.95 bits per heavy atom. The fourth-order valence-corrected chi connectivity index (χ4v) is 1.98. The van der Waals surface area contributed by atoms with Gasteiger partial charge >= 0.3 is 0 Å². The first-order chi connectivity index (χ1) is 9.63. The number of benzene rings is 1. The fourth-order valence-electron chi connectivity index (χ4n) is 1.98. The topological polar surface area (TPSA) is 30.5 Å². The van der Waals surface area contributed by atoms with Crippen LogP contribution in [0.25, 0.3) is 0 Å². The molecule has 0 aliphatic rings. The van der Waals surface area contributed by atoms with E-state index in [2.05, 4.69) is 57.3 Å². The summed E-state index contributed by atoms with van der Waals surface area (Å²) >= 11 is 0. The molecule has 1 aromatic carbocycles. The van der Waals surface area contributed by atoms with Crippen molar-refractivity contribution in [2.75, 3.05) is 26.4 Å². The van der Waals surface area contributed by atoms with Crippen molar-refractivity contribution < 1.29 is 9.47 Å². The van der Waals surface area contributed by atoms with Crippen LogP contribution in [0.1, 0.15) is 44.4 Å². The first-order valence-electron chi connectivity index (χ1n) is 7.62. The van der Waals surface area contributed by atoms with Gasteiger partial charge in [0.25, 0.3) is 0 Å². The Bertz CT molecular complexity index is 366. The predicted octanol–water partition coefficient (Wildman–Crippen LogP) is 3.48. The maximum absolute atomic E-state index is 5.99. The van der Waals surface area contributed by atoms with E-state index in [1.165, 1.54) is 11.1 Å². The maximum atomic E-state index is 5.99. The van der Waals surface area contributed by atoms with Crippen LogP contribution >= 0.6 is 0 Å². The third-order valence-corrected chi connectivity index (χ3v) is 3.02. The number of hydrogen-bond donors (Lipinski definition) is 1. The van der Waals surface area contributed by atoms with Crippen molar-refractivity contribution in [2.24, 2.45) is 0 Å². The number of nitrogens with one attached hydrogen (secondary N) is 1. The lowest BCUT2D eigenvalue weighted by Crippen LogP contribution is -2.29. The molecular formula is C17H29NO2. The molecule has 20 heavy (non-hydrogen) atoms. The molecular weight excluding hydrogens is 250 g/mol. The summed E-state index contributed by atoms with van der Waals surface area (Å²) in [6.45, 7) is 11.5. The Morgan fingerprint density at radius 3 is 2.60 bits per heavy atom. The van der Waals surface area contributed by atoms with E-state index >= 15 is 0 Å². The second kappa shape index (κ2) is 9.92. The highest BCUT2D eigenvalue weighted by atomic mass is 16.5. The third kappa shape index (κ3) is 7.04. The van der Waals surface area contributed by atoms with Gasteiger partial charge in [0.1, 0.15) is 0 Å². The molecule has 0 aromatic heterocycles. The highest BCUT2D eigenvalue weighted by Gasteiger charge is 2.12. The Labute approximate surface area is 123 Å². The van der Waals surface area contributed by atoms with Gasteiger partial charge in [-0.25, -0.2) is 0 Å². The maximum Gasteiger partial charge on any atom is 0.0950 e. The van der Waals surface area contributed by atoms with Gasteiger partial charge in [-0.1, -0.05) is 50.6 Å². The van der Waals surface area contributed by atoms with Crippen LogP contribution in [0.5, 0.6) is 0 Å². The van der Waals surface area contributed by atoms with Crippen molar-refractivity contribution >= 4 is 0 Å². The highest BCUT2D eigenvalue weighted by molar-refractivity contribution is 5.24. The second-order valence-electron chi connectivity index (χ2n) is 5.45. The minimum Gasteiger partial charge on any atom is -0.379 e. The van der Waals surface area contributed by atoms with Crippen LogP contribution in [-0.4, -0.2) is 32.4 Å². The zero-order valence-corrected chi connectivity index (χ0v) is 13.3. The van der Waals surface area contributed by atoms with Crippen LogP contribution in [0.15, 0.2) is 24.3 Å².